The van der Waals surface area contributed by atoms with Crippen molar-refractivity contribution in [2.45, 2.75) is 39.8 Å². The van der Waals surface area contributed by atoms with Crippen LogP contribution in [-0.2, 0) is 14.4 Å². The lowest BCUT2D eigenvalue weighted by Gasteiger charge is -2.40. The summed E-state index contributed by atoms with van der Waals surface area (Å²) in [6, 6.07) is 7.17. The van der Waals surface area contributed by atoms with E-state index in [2.05, 4.69) is 0 Å². The van der Waals surface area contributed by atoms with Crippen LogP contribution in [0.5, 0.6) is 0 Å². The third-order valence-corrected chi connectivity index (χ3v) is 3.85. The number of benzene rings is 1. The second kappa shape index (κ2) is 7.03. The first-order valence-electron chi connectivity index (χ1n) is 7.58. The van der Waals surface area contributed by atoms with Gasteiger partial charge >= 0.3 is 5.97 Å². The van der Waals surface area contributed by atoms with Crippen LogP contribution >= 0.6 is 0 Å². The third-order valence-electron chi connectivity index (χ3n) is 3.85. The molecule has 22 heavy (non-hydrogen) atoms. The largest absolute Gasteiger partial charge is 0.368 e. The van der Waals surface area contributed by atoms with Gasteiger partial charge in [0.05, 0.1) is 19.2 Å². The van der Waals surface area contributed by atoms with Crippen LogP contribution < -0.4 is 0 Å². The third kappa shape index (κ3) is 3.54. The van der Waals surface area contributed by atoms with Gasteiger partial charge in [-0.2, -0.15) is 0 Å². The quantitative estimate of drug-likeness (QED) is 0.799. The smallest absolute Gasteiger partial charge is 0.322 e. The van der Waals surface area contributed by atoms with E-state index in [1.807, 2.05) is 45.0 Å². The van der Waals surface area contributed by atoms with Crippen molar-refractivity contribution in [2.75, 3.05) is 13.2 Å². The molecule has 5 heteroatoms. The van der Waals surface area contributed by atoms with E-state index in [9.17, 15) is 9.59 Å². The van der Waals surface area contributed by atoms with Crippen molar-refractivity contribution in [2.24, 2.45) is 5.92 Å². The Bertz CT molecular complexity index is 555. The van der Waals surface area contributed by atoms with Crippen molar-refractivity contribution >= 4 is 11.8 Å². The first-order chi connectivity index (χ1) is 10.4. The maximum atomic E-state index is 12.9. The molecule has 2 atom stereocenters. The molecule has 0 bridgehead atoms. The number of morpholine rings is 1. The summed E-state index contributed by atoms with van der Waals surface area (Å²) in [5, 5.41) is 1.59. The number of hydrogen-bond donors (Lipinski definition) is 0. The van der Waals surface area contributed by atoms with Crippen LogP contribution in [0.2, 0.25) is 0 Å². The van der Waals surface area contributed by atoms with E-state index in [0.717, 1.165) is 5.56 Å². The minimum atomic E-state index is -0.630. The number of carbonyl (C=O) groups excluding carboxylic acids is 2. The number of hydrogen-bond acceptors (Lipinski definition) is 5. The SMILES string of the molecule is CC(=O)ON1CCOC(C(=O)c2ccccc2C)C1C(C)C. The zero-order valence-electron chi connectivity index (χ0n) is 13.5. The molecule has 0 N–H and O–H groups in total. The molecule has 1 aromatic rings. The summed E-state index contributed by atoms with van der Waals surface area (Å²) in [5.74, 6) is -0.332. The molecule has 0 aromatic heterocycles. The Kier molecular flexibility index (Phi) is 5.32. The van der Waals surface area contributed by atoms with Crippen molar-refractivity contribution in [1.29, 1.82) is 0 Å². The lowest BCUT2D eigenvalue weighted by Crippen LogP contribution is -2.56. The molecule has 1 aromatic carbocycles. The summed E-state index contributed by atoms with van der Waals surface area (Å²) < 4.78 is 5.75. The maximum absolute atomic E-state index is 12.9. The second-order valence-corrected chi connectivity index (χ2v) is 5.93. The molecule has 1 aliphatic rings. The summed E-state index contributed by atoms with van der Waals surface area (Å²) in [6.45, 7) is 8.09. The number of rotatable bonds is 4. The molecular formula is C17H23NO4. The first-order valence-corrected chi connectivity index (χ1v) is 7.58. The highest BCUT2D eigenvalue weighted by atomic mass is 16.7. The van der Waals surface area contributed by atoms with Gasteiger partial charge in [0, 0.05) is 12.5 Å². The Morgan fingerprint density at radius 3 is 2.59 bits per heavy atom. The first kappa shape index (κ1) is 16.6. The van der Waals surface area contributed by atoms with Gasteiger partial charge in [0.15, 0.2) is 5.78 Å². The lowest BCUT2D eigenvalue weighted by molar-refractivity contribution is -0.236. The Hall–Kier alpha value is -1.72. The molecule has 1 saturated heterocycles. The highest BCUT2D eigenvalue weighted by Crippen LogP contribution is 2.25. The fourth-order valence-electron chi connectivity index (χ4n) is 2.86. The van der Waals surface area contributed by atoms with Crippen molar-refractivity contribution in [3.05, 3.63) is 35.4 Å². The number of Topliss-reactive ketones (excluding diaryl/α,β-unsaturated/α-hetero) is 1. The number of aryl methyl sites for hydroxylation is 1. The van der Waals surface area contributed by atoms with Gasteiger partial charge < -0.3 is 9.57 Å². The summed E-state index contributed by atoms with van der Waals surface area (Å²) in [6.07, 6.45) is -0.630. The van der Waals surface area contributed by atoms with Gasteiger partial charge in [-0.05, 0) is 18.4 Å². The topological polar surface area (TPSA) is 55.8 Å². The van der Waals surface area contributed by atoms with Gasteiger partial charge in [0.2, 0.25) is 0 Å². The fraction of sp³-hybridized carbons (Fsp3) is 0.529. The molecule has 2 rings (SSSR count). The number of ketones is 1. The van der Waals surface area contributed by atoms with Crippen molar-refractivity contribution in [1.82, 2.24) is 5.06 Å². The van der Waals surface area contributed by atoms with E-state index in [1.165, 1.54) is 6.92 Å². The molecule has 0 aliphatic carbocycles. The van der Waals surface area contributed by atoms with E-state index in [4.69, 9.17) is 9.57 Å². The Morgan fingerprint density at radius 1 is 1.32 bits per heavy atom. The molecule has 1 fully saturated rings. The highest BCUT2D eigenvalue weighted by Gasteiger charge is 2.41. The van der Waals surface area contributed by atoms with Gasteiger partial charge in [0.1, 0.15) is 6.10 Å². The molecule has 1 heterocycles. The standard InChI is InChI=1S/C17H23NO4/c1-11(2)15-17(21-10-9-18(15)22-13(4)19)16(20)14-8-6-5-7-12(14)3/h5-8,11,15,17H,9-10H2,1-4H3. The van der Waals surface area contributed by atoms with Gasteiger partial charge in [-0.3, -0.25) is 9.59 Å². The number of ether oxygens (including phenoxy) is 1. The van der Waals surface area contributed by atoms with Crippen LogP contribution in [0.1, 0.15) is 36.7 Å². The fourth-order valence-corrected chi connectivity index (χ4v) is 2.86. The predicted molar refractivity (Wildman–Crippen MR) is 82.3 cm³/mol. The molecule has 2 unspecified atom stereocenters. The van der Waals surface area contributed by atoms with Crippen molar-refractivity contribution in [3.8, 4) is 0 Å². The second-order valence-electron chi connectivity index (χ2n) is 5.93. The van der Waals surface area contributed by atoms with Crippen LogP contribution in [0.15, 0.2) is 24.3 Å². The lowest BCUT2D eigenvalue weighted by atomic mass is 9.90. The average Bonchev–Trinajstić information content (AvgIpc) is 2.46. The van der Waals surface area contributed by atoms with E-state index >= 15 is 0 Å². The van der Waals surface area contributed by atoms with Crippen LogP contribution in [0.4, 0.5) is 0 Å². The molecule has 0 spiro atoms. The molecule has 0 radical (unpaired) electrons. The minimum absolute atomic E-state index is 0.0614. The predicted octanol–water partition coefficient (Wildman–Crippen LogP) is 2.38. The van der Waals surface area contributed by atoms with Crippen molar-refractivity contribution < 1.29 is 19.2 Å². The number of carbonyl (C=O) groups is 2. The summed E-state index contributed by atoms with van der Waals surface area (Å²) in [4.78, 5) is 29.4. The Morgan fingerprint density at radius 2 is 2.00 bits per heavy atom. The highest BCUT2D eigenvalue weighted by molar-refractivity contribution is 6.01. The average molecular weight is 305 g/mol. The molecule has 0 saturated carbocycles. The Labute approximate surface area is 131 Å². The van der Waals surface area contributed by atoms with E-state index in [-0.39, 0.29) is 23.7 Å². The maximum Gasteiger partial charge on any atom is 0.322 e. The van der Waals surface area contributed by atoms with E-state index < -0.39 is 6.10 Å². The molecule has 5 nitrogen and oxygen atoms in total. The number of hydroxylamine groups is 2. The molecule has 0 amide bonds. The summed E-state index contributed by atoms with van der Waals surface area (Å²) >= 11 is 0. The summed E-state index contributed by atoms with van der Waals surface area (Å²) in [5.41, 5.74) is 1.58. The van der Waals surface area contributed by atoms with Gasteiger partial charge in [-0.25, -0.2) is 0 Å². The summed E-state index contributed by atoms with van der Waals surface area (Å²) in [7, 11) is 0. The molecule has 120 valence electrons. The van der Waals surface area contributed by atoms with E-state index in [0.29, 0.717) is 18.7 Å². The molecular weight excluding hydrogens is 282 g/mol. The van der Waals surface area contributed by atoms with Gasteiger partial charge in [-0.15, -0.1) is 5.06 Å². The van der Waals surface area contributed by atoms with Crippen LogP contribution in [-0.4, -0.2) is 42.1 Å². The van der Waals surface area contributed by atoms with Gasteiger partial charge in [0.25, 0.3) is 0 Å². The van der Waals surface area contributed by atoms with E-state index in [1.54, 1.807) is 5.06 Å². The van der Waals surface area contributed by atoms with Crippen LogP contribution in [0.25, 0.3) is 0 Å². The normalized spacial score (nSPS) is 22.6. The van der Waals surface area contributed by atoms with Crippen molar-refractivity contribution in [3.63, 3.8) is 0 Å². The molecule has 1 aliphatic heterocycles. The zero-order chi connectivity index (χ0) is 16.3. The van der Waals surface area contributed by atoms with Crippen LogP contribution in [0, 0.1) is 12.8 Å². The number of nitrogens with zero attached hydrogens (tertiary/aromatic N) is 1. The Balaban J connectivity index is 2.29. The minimum Gasteiger partial charge on any atom is -0.368 e. The zero-order valence-corrected chi connectivity index (χ0v) is 13.5. The monoisotopic (exact) mass is 305 g/mol. The van der Waals surface area contributed by atoms with Crippen LogP contribution in [0.3, 0.4) is 0 Å². The van der Waals surface area contributed by atoms with Gasteiger partial charge in [-0.1, -0.05) is 38.1 Å².